The summed E-state index contributed by atoms with van der Waals surface area (Å²) in [6.07, 6.45) is 11.6. The average Bonchev–Trinajstić information content (AvgIpc) is 1.61. The lowest BCUT2D eigenvalue weighted by Gasteiger charge is -2.22. The Kier molecular flexibility index (Phi) is 38.2. The van der Waals surface area contributed by atoms with Crippen LogP contribution in [0.3, 0.4) is 0 Å². The van der Waals surface area contributed by atoms with E-state index >= 15 is 0 Å². The number of hydrogen-bond acceptors (Lipinski definition) is 26. The average molecular weight is 1760 g/mol. The van der Waals surface area contributed by atoms with Crippen molar-refractivity contribution in [2.45, 2.75) is 151 Å². The van der Waals surface area contributed by atoms with Gasteiger partial charge in [0.05, 0.1) is 51.2 Å². The van der Waals surface area contributed by atoms with Gasteiger partial charge in [-0.05, 0) is 274 Å². The van der Waals surface area contributed by atoms with Crippen LogP contribution in [0.2, 0.25) is 0 Å². The fraction of sp³-hybridized carbons (Fsp3) is 0.391. The van der Waals surface area contributed by atoms with Crippen molar-refractivity contribution in [1.82, 2.24) is 62.5 Å². The summed E-state index contributed by atoms with van der Waals surface area (Å²) in [5.74, 6) is -7.65. The molecule has 682 valence electrons. The Labute approximate surface area is 741 Å². The maximum absolute atomic E-state index is 14.5. The second-order valence-corrected chi connectivity index (χ2v) is 30.7. The predicted molar refractivity (Wildman–Crippen MR) is 488 cm³/mol. The molecule has 36 nitrogen and oxygen atoms in total. The number of carbonyl (C=O) groups excluding carboxylic acids is 12. The van der Waals surface area contributed by atoms with Gasteiger partial charge >= 0.3 is 23.9 Å². The topological polar surface area (TPSA) is 604 Å². The van der Waals surface area contributed by atoms with Gasteiger partial charge in [0.1, 0.15) is 48.3 Å². The van der Waals surface area contributed by atoms with Crippen LogP contribution in [0.1, 0.15) is 167 Å². The summed E-state index contributed by atoms with van der Waals surface area (Å²) < 4.78 is 19.9. The van der Waals surface area contributed by atoms with Gasteiger partial charge < -0.3 is 117 Å². The summed E-state index contributed by atoms with van der Waals surface area (Å²) in [6.45, 7) is 1.80. The van der Waals surface area contributed by atoms with Crippen LogP contribution in [0.5, 0.6) is 0 Å². The number of amides is 8. The van der Waals surface area contributed by atoms with E-state index in [-0.39, 0.29) is 126 Å². The van der Waals surface area contributed by atoms with E-state index in [9.17, 15) is 57.5 Å². The van der Waals surface area contributed by atoms with E-state index in [1.165, 1.54) is 28.4 Å². The van der Waals surface area contributed by atoms with Gasteiger partial charge in [-0.3, -0.25) is 38.4 Å². The normalized spacial score (nSPS) is 13.3. The molecular formula is C92H118N20O16. The number of hydrogen-bond donors (Lipinski definition) is 18. The number of aromatic amines is 2. The lowest BCUT2D eigenvalue weighted by molar-refractivity contribution is -0.145. The molecule has 3 aromatic heterocycles. The number of aromatic nitrogens is 4. The van der Waals surface area contributed by atoms with E-state index in [1.807, 2.05) is 48.6 Å². The number of nitrogens with one attached hydrogen (secondary N) is 10. The van der Waals surface area contributed by atoms with Crippen molar-refractivity contribution < 1.29 is 76.5 Å². The molecule has 36 heteroatoms. The molecule has 0 saturated carbocycles. The fourth-order valence-electron chi connectivity index (χ4n) is 14.8. The number of benzene rings is 4. The molecule has 9 rings (SSSR count). The summed E-state index contributed by atoms with van der Waals surface area (Å²) in [4.78, 5) is 183. The van der Waals surface area contributed by atoms with E-state index in [2.05, 4.69) is 52.5 Å². The lowest BCUT2D eigenvalue weighted by atomic mass is 10.0. The van der Waals surface area contributed by atoms with Gasteiger partial charge in [0, 0.05) is 66.6 Å². The first kappa shape index (κ1) is 98.6. The van der Waals surface area contributed by atoms with Crippen molar-refractivity contribution in [2.75, 3.05) is 80.8 Å². The maximum Gasteiger partial charge on any atom is 0.328 e. The first-order valence-corrected chi connectivity index (χ1v) is 42.9. The van der Waals surface area contributed by atoms with E-state index in [0.717, 1.165) is 0 Å². The van der Waals surface area contributed by atoms with Gasteiger partial charge in [0.25, 0.3) is 23.6 Å². The number of nitrogens with zero attached hydrogens (tertiary/aromatic N) is 2. The van der Waals surface area contributed by atoms with Gasteiger partial charge in [-0.2, -0.15) is 0 Å². The van der Waals surface area contributed by atoms with Crippen LogP contribution in [0.25, 0.3) is 90.9 Å². The minimum Gasteiger partial charge on any atom is -0.467 e. The molecule has 0 aliphatic carbocycles. The third-order valence-corrected chi connectivity index (χ3v) is 21.8. The van der Waals surface area contributed by atoms with Crippen LogP contribution >= 0.6 is 0 Å². The molecular weight excluding hydrogens is 1640 g/mol. The molecule has 26 N–H and O–H groups in total. The number of ether oxygens (including phenoxy) is 4. The second-order valence-electron chi connectivity index (χ2n) is 30.7. The number of rotatable bonds is 48. The highest BCUT2D eigenvalue weighted by Crippen LogP contribution is 2.39. The van der Waals surface area contributed by atoms with Gasteiger partial charge in [0.15, 0.2) is 0 Å². The summed E-state index contributed by atoms with van der Waals surface area (Å²) in [6, 6.07) is 25.4. The lowest BCUT2D eigenvalue weighted by Crippen LogP contribution is -2.52. The molecule has 8 atom stereocenters. The Bertz CT molecular complexity index is 4650. The quantitative estimate of drug-likeness (QED) is 0.0187. The molecule has 8 bridgehead atoms. The van der Waals surface area contributed by atoms with E-state index in [0.29, 0.717) is 141 Å². The molecule has 0 unspecified atom stereocenters. The number of nitrogens with two attached hydrogens (primary N) is 8. The Balaban J connectivity index is 1.25. The molecule has 128 heavy (non-hydrogen) atoms. The summed E-state index contributed by atoms with van der Waals surface area (Å²) in [5.41, 5.74) is 55.4. The molecule has 2 aliphatic rings. The maximum atomic E-state index is 14.5. The first-order valence-electron chi connectivity index (χ1n) is 42.9. The van der Waals surface area contributed by atoms with Crippen LogP contribution in [0.15, 0.2) is 121 Å². The van der Waals surface area contributed by atoms with Crippen LogP contribution in [-0.4, -0.2) is 220 Å². The Morgan fingerprint density at radius 3 is 0.594 bits per heavy atom. The van der Waals surface area contributed by atoms with Crippen LogP contribution < -0.4 is 88.4 Å². The van der Waals surface area contributed by atoms with Crippen molar-refractivity contribution in [2.24, 2.45) is 45.9 Å². The second kappa shape index (κ2) is 49.6. The van der Waals surface area contributed by atoms with Crippen molar-refractivity contribution in [3.05, 3.63) is 166 Å². The number of H-pyrrole nitrogens is 2. The highest BCUT2D eigenvalue weighted by Gasteiger charge is 2.34. The van der Waals surface area contributed by atoms with Crippen molar-refractivity contribution in [3.63, 3.8) is 0 Å². The number of fused-ring (bicyclic) bond motifs is 8. The fourth-order valence-corrected chi connectivity index (χ4v) is 14.8. The minimum absolute atomic E-state index is 0.135. The Morgan fingerprint density at radius 1 is 0.258 bits per heavy atom. The molecule has 7 aromatic rings. The molecule has 2 aliphatic heterocycles. The summed E-state index contributed by atoms with van der Waals surface area (Å²) >= 11 is 0. The van der Waals surface area contributed by atoms with Crippen LogP contribution in [-0.2, 0) is 57.3 Å². The largest absolute Gasteiger partial charge is 0.467 e. The van der Waals surface area contributed by atoms with Crippen LogP contribution in [0, 0.1) is 0 Å². The Morgan fingerprint density at radius 2 is 0.430 bits per heavy atom. The Hall–Kier alpha value is -13.2. The number of methoxy groups -OCH3 is 4. The summed E-state index contributed by atoms with van der Waals surface area (Å²) in [7, 11) is 4.83. The molecule has 4 aromatic carbocycles. The van der Waals surface area contributed by atoms with E-state index in [4.69, 9.17) is 74.8 Å². The zero-order chi connectivity index (χ0) is 92.3. The third-order valence-electron chi connectivity index (χ3n) is 21.8. The summed E-state index contributed by atoms with van der Waals surface area (Å²) in [5, 5.41) is 22.3. The monoisotopic (exact) mass is 1760 g/mol. The first-order chi connectivity index (χ1) is 61.9. The zero-order valence-electron chi connectivity index (χ0n) is 72.5. The van der Waals surface area contributed by atoms with Gasteiger partial charge in [-0.15, -0.1) is 0 Å². The van der Waals surface area contributed by atoms with Gasteiger partial charge in [-0.25, -0.2) is 29.1 Å². The third kappa shape index (κ3) is 26.5. The van der Waals surface area contributed by atoms with Crippen LogP contribution in [0.4, 0.5) is 0 Å². The molecule has 0 radical (unpaired) electrons. The van der Waals surface area contributed by atoms with E-state index < -0.39 is 119 Å². The molecule has 0 spiro atoms. The van der Waals surface area contributed by atoms with E-state index in [1.54, 1.807) is 97.1 Å². The zero-order valence-corrected chi connectivity index (χ0v) is 72.5. The van der Waals surface area contributed by atoms with Crippen molar-refractivity contribution >= 4 is 118 Å². The number of esters is 4. The van der Waals surface area contributed by atoms with Crippen molar-refractivity contribution in [3.8, 4) is 44.5 Å². The van der Waals surface area contributed by atoms with Gasteiger partial charge in [-0.1, -0.05) is 48.5 Å². The number of carbonyl (C=O) groups is 12. The predicted octanol–water partition coefficient (Wildman–Crippen LogP) is 4.26. The van der Waals surface area contributed by atoms with Gasteiger partial charge in [0.2, 0.25) is 23.6 Å². The molecule has 0 fully saturated rings. The SMILES string of the molecule is COC(=O)[C@H](CCCN)NC(=O)[C@H](CCCN)NC(=O)c1ccc(-c2c3nc(c(-c4ccc(C(=O)N[C@@H](CCCN)C(=O)N[C@@H](CCCN)C(=O)OC)cc4)c4ccc([nH]4)c(-c4ccc(C(=O)N[C@@H](CCCN)C(=O)N[C@@H](CCCN)C(=O)OC)cc4)c4nc(c(-c5ccc(C(=O)N[C@@H](CCCN)C(=O)N[C@@H](CCCN)C(=O)OC)cc5)c5ccc2[nH]5)C=C4)C=C3)cc1. The standard InChI is InChI=1S/C92H118N20O16/c1-125-89(121)73(17-9-49-97)109-85(117)69(13-5-45-93)105-81(113)57-29-21-53(22-30-57)77-61-37-39-63(101-61)78(54-23-31-58(32-24-54)82(114)106-70(14-6-46-94)86(118)110-74(18-10-50-98)90(122)126-2)65-41-43-67(103-65)80(56-27-35-60(36-28-56)84(116)108-72(16-8-48-96)88(120)112-76(20-12-52-100)92(124)128-4)68-44-42-66(104-68)79(64-40-38-62(77)102-64)55-25-33-59(34-26-55)83(115)107-71(15-7-47-95)87(119)111-75(19-11-51-99)91(123)127-3/h21-44,69-76,101,104H,5-20,45-52,93-100H2,1-4H3,(H,105,113)(H,106,114)(H,107,115)(H,108,116)(H,109,117)(H,110,118)(H,111,119)(H,112,120)/t69-,70-,71-,72-,73-,74-,75-,76-/m0/s1. The minimum atomic E-state index is -1.12. The van der Waals surface area contributed by atoms with Crippen molar-refractivity contribution in [1.29, 1.82) is 0 Å². The molecule has 5 heterocycles. The molecule has 0 saturated heterocycles. The smallest absolute Gasteiger partial charge is 0.328 e. The molecule has 8 amide bonds. The highest BCUT2D eigenvalue weighted by atomic mass is 16.5. The highest BCUT2D eigenvalue weighted by molar-refractivity contribution is 6.05.